The second-order valence-electron chi connectivity index (χ2n) is 3.60. The number of nitrogens with zero attached hydrogens (tertiary/aromatic N) is 3. The average molecular weight is 233 g/mol. The van der Waals surface area contributed by atoms with Gasteiger partial charge in [0.15, 0.2) is 0 Å². The van der Waals surface area contributed by atoms with E-state index in [1.165, 1.54) is 0 Å². The largest absolute Gasteiger partial charge is 0.481 e. The minimum absolute atomic E-state index is 0.578. The number of aromatic nitrogens is 3. The van der Waals surface area contributed by atoms with Gasteiger partial charge in [-0.05, 0) is 6.07 Å². The highest BCUT2D eigenvalue weighted by Crippen LogP contribution is 2.14. The van der Waals surface area contributed by atoms with Gasteiger partial charge in [-0.1, -0.05) is 6.07 Å². The van der Waals surface area contributed by atoms with Crippen LogP contribution < -0.4 is 15.8 Å². The van der Waals surface area contributed by atoms with E-state index in [4.69, 9.17) is 10.5 Å². The van der Waals surface area contributed by atoms with E-state index in [0.29, 0.717) is 18.2 Å². The Hall–Kier alpha value is -2.24. The molecule has 2 heterocycles. The molecule has 0 spiro atoms. The van der Waals surface area contributed by atoms with E-state index in [1.54, 1.807) is 24.1 Å². The number of nitrogens with two attached hydrogens (primary N) is 1. The molecule has 6 nitrogen and oxygen atoms in total. The van der Waals surface area contributed by atoms with Crippen molar-refractivity contribution >= 4 is 11.6 Å². The van der Waals surface area contributed by atoms with E-state index >= 15 is 0 Å². The molecule has 6 heteroatoms. The molecule has 2 aromatic heterocycles. The van der Waals surface area contributed by atoms with Gasteiger partial charge in [-0.25, -0.2) is 0 Å². The molecule has 2 rings (SSSR count). The first-order valence-electron chi connectivity index (χ1n) is 5.22. The van der Waals surface area contributed by atoms with Crippen LogP contribution in [-0.2, 0) is 13.6 Å². The second-order valence-corrected chi connectivity index (χ2v) is 3.60. The first-order chi connectivity index (χ1) is 8.20. The first-order valence-corrected chi connectivity index (χ1v) is 5.22. The van der Waals surface area contributed by atoms with Crippen LogP contribution in [0, 0.1) is 0 Å². The summed E-state index contributed by atoms with van der Waals surface area (Å²) in [5.41, 5.74) is 6.78. The molecule has 17 heavy (non-hydrogen) atoms. The monoisotopic (exact) mass is 233 g/mol. The Morgan fingerprint density at radius 2 is 2.29 bits per heavy atom. The van der Waals surface area contributed by atoms with E-state index in [-0.39, 0.29) is 0 Å². The summed E-state index contributed by atoms with van der Waals surface area (Å²) in [5, 5.41) is 7.23. The molecule has 0 amide bonds. The number of hydrogen-bond donors (Lipinski definition) is 2. The SMILES string of the molecule is COc1cccc(NCc2cnn(C)c2N)n1. The van der Waals surface area contributed by atoms with Crippen LogP contribution in [0.3, 0.4) is 0 Å². The van der Waals surface area contributed by atoms with E-state index in [0.717, 1.165) is 11.4 Å². The third kappa shape index (κ3) is 2.47. The molecule has 0 aliphatic rings. The third-order valence-electron chi connectivity index (χ3n) is 2.46. The van der Waals surface area contributed by atoms with Crippen molar-refractivity contribution in [2.24, 2.45) is 7.05 Å². The molecule has 0 aromatic carbocycles. The normalized spacial score (nSPS) is 10.2. The summed E-state index contributed by atoms with van der Waals surface area (Å²) in [6, 6.07) is 5.54. The van der Waals surface area contributed by atoms with Crippen molar-refractivity contribution in [1.29, 1.82) is 0 Å². The molecule has 0 unspecified atom stereocenters. The summed E-state index contributed by atoms with van der Waals surface area (Å²) in [7, 11) is 3.40. The Labute approximate surface area is 99.4 Å². The molecule has 2 aromatic rings. The Bertz CT molecular complexity index is 508. The number of pyridine rings is 1. The molecule has 3 N–H and O–H groups in total. The smallest absolute Gasteiger partial charge is 0.214 e. The summed E-state index contributed by atoms with van der Waals surface area (Å²) in [4.78, 5) is 4.24. The zero-order valence-corrected chi connectivity index (χ0v) is 9.84. The number of nitrogens with one attached hydrogen (secondary N) is 1. The van der Waals surface area contributed by atoms with Gasteiger partial charge in [0.1, 0.15) is 11.6 Å². The highest BCUT2D eigenvalue weighted by atomic mass is 16.5. The van der Waals surface area contributed by atoms with Crippen LogP contribution in [0.5, 0.6) is 5.88 Å². The van der Waals surface area contributed by atoms with Gasteiger partial charge in [0.25, 0.3) is 0 Å². The summed E-state index contributed by atoms with van der Waals surface area (Å²) in [6.45, 7) is 0.583. The first kappa shape index (κ1) is 11.3. The minimum Gasteiger partial charge on any atom is -0.481 e. The maximum atomic E-state index is 5.84. The number of ether oxygens (including phenoxy) is 1. The zero-order chi connectivity index (χ0) is 12.3. The van der Waals surface area contributed by atoms with E-state index in [9.17, 15) is 0 Å². The fraction of sp³-hybridized carbons (Fsp3) is 0.273. The predicted molar refractivity (Wildman–Crippen MR) is 65.7 cm³/mol. The molecular formula is C11H15N5O. The maximum Gasteiger partial charge on any atom is 0.214 e. The Morgan fingerprint density at radius 1 is 1.47 bits per heavy atom. The van der Waals surface area contributed by atoms with Crippen molar-refractivity contribution in [3.63, 3.8) is 0 Å². The molecule has 0 atom stereocenters. The van der Waals surface area contributed by atoms with Gasteiger partial charge in [-0.3, -0.25) is 4.68 Å². The molecule has 90 valence electrons. The number of aryl methyl sites for hydroxylation is 1. The van der Waals surface area contributed by atoms with Gasteiger partial charge in [0, 0.05) is 25.2 Å². The molecule has 0 bridgehead atoms. The molecule has 0 saturated heterocycles. The molecule has 0 saturated carbocycles. The van der Waals surface area contributed by atoms with Crippen LogP contribution >= 0.6 is 0 Å². The van der Waals surface area contributed by atoms with Crippen molar-refractivity contribution in [2.45, 2.75) is 6.54 Å². The summed E-state index contributed by atoms with van der Waals surface area (Å²) >= 11 is 0. The highest BCUT2D eigenvalue weighted by Gasteiger charge is 2.04. The van der Waals surface area contributed by atoms with Gasteiger partial charge < -0.3 is 15.8 Å². The lowest BCUT2D eigenvalue weighted by atomic mass is 10.3. The van der Waals surface area contributed by atoms with E-state index in [2.05, 4.69) is 15.4 Å². The van der Waals surface area contributed by atoms with Crippen LogP contribution in [0.2, 0.25) is 0 Å². The van der Waals surface area contributed by atoms with Gasteiger partial charge in [0.2, 0.25) is 5.88 Å². The quantitative estimate of drug-likeness (QED) is 0.824. The van der Waals surface area contributed by atoms with Crippen LogP contribution in [-0.4, -0.2) is 21.9 Å². The van der Waals surface area contributed by atoms with Crippen molar-refractivity contribution < 1.29 is 4.74 Å². The van der Waals surface area contributed by atoms with Crippen molar-refractivity contribution in [1.82, 2.24) is 14.8 Å². The summed E-state index contributed by atoms with van der Waals surface area (Å²) < 4.78 is 6.68. The predicted octanol–water partition coefficient (Wildman–Crippen LogP) is 1.02. The van der Waals surface area contributed by atoms with Crippen LogP contribution in [0.1, 0.15) is 5.56 Å². The Morgan fingerprint density at radius 3 is 2.94 bits per heavy atom. The van der Waals surface area contributed by atoms with Crippen molar-refractivity contribution in [2.75, 3.05) is 18.2 Å². The Kier molecular flexibility index (Phi) is 3.13. The lowest BCUT2D eigenvalue weighted by Crippen LogP contribution is -2.05. The average Bonchev–Trinajstić information content (AvgIpc) is 2.68. The second kappa shape index (κ2) is 4.73. The number of anilines is 2. The summed E-state index contributed by atoms with van der Waals surface area (Å²) in [6.07, 6.45) is 1.74. The Balaban J connectivity index is 2.04. The standard InChI is InChI=1S/C11H15N5O/c1-16-11(12)8(7-14-16)6-13-9-4-3-5-10(15-9)17-2/h3-5,7H,6,12H2,1-2H3,(H,13,15). The van der Waals surface area contributed by atoms with Gasteiger partial charge in [0.05, 0.1) is 13.3 Å². The fourth-order valence-corrected chi connectivity index (χ4v) is 1.44. The zero-order valence-electron chi connectivity index (χ0n) is 9.84. The number of hydrogen-bond acceptors (Lipinski definition) is 5. The molecule has 0 aliphatic carbocycles. The lowest BCUT2D eigenvalue weighted by molar-refractivity contribution is 0.398. The molecular weight excluding hydrogens is 218 g/mol. The van der Waals surface area contributed by atoms with Gasteiger partial charge >= 0.3 is 0 Å². The number of nitrogen functional groups attached to an aromatic ring is 1. The van der Waals surface area contributed by atoms with Crippen LogP contribution in [0.4, 0.5) is 11.6 Å². The van der Waals surface area contributed by atoms with Gasteiger partial charge in [-0.2, -0.15) is 10.1 Å². The third-order valence-corrected chi connectivity index (χ3v) is 2.46. The van der Waals surface area contributed by atoms with E-state index in [1.807, 2.05) is 19.2 Å². The van der Waals surface area contributed by atoms with Crippen molar-refractivity contribution in [3.8, 4) is 5.88 Å². The highest BCUT2D eigenvalue weighted by molar-refractivity contribution is 5.43. The maximum absolute atomic E-state index is 5.84. The van der Waals surface area contributed by atoms with Crippen LogP contribution in [0.15, 0.2) is 24.4 Å². The minimum atomic E-state index is 0.578. The molecule has 0 fully saturated rings. The fourth-order valence-electron chi connectivity index (χ4n) is 1.44. The van der Waals surface area contributed by atoms with Gasteiger partial charge in [-0.15, -0.1) is 0 Å². The number of rotatable bonds is 4. The lowest BCUT2D eigenvalue weighted by Gasteiger charge is -2.06. The molecule has 0 radical (unpaired) electrons. The topological polar surface area (TPSA) is 78.0 Å². The van der Waals surface area contributed by atoms with Crippen molar-refractivity contribution in [3.05, 3.63) is 30.0 Å². The van der Waals surface area contributed by atoms with E-state index < -0.39 is 0 Å². The summed E-state index contributed by atoms with van der Waals surface area (Å²) in [5.74, 6) is 1.97. The molecule has 0 aliphatic heterocycles. The number of methoxy groups -OCH3 is 1. The van der Waals surface area contributed by atoms with Crippen LogP contribution in [0.25, 0.3) is 0 Å².